The minimum absolute atomic E-state index is 0.888. The third-order valence-electron chi connectivity index (χ3n) is 2.30. The fraction of sp³-hybridized carbons (Fsp3) is 1.00. The van der Waals surface area contributed by atoms with E-state index >= 15 is 0 Å². The van der Waals surface area contributed by atoms with Crippen LogP contribution >= 0.6 is 11.8 Å². The summed E-state index contributed by atoms with van der Waals surface area (Å²) in [4.78, 5) is 2.36. The standard InChI is InChI=1S/C8H17N.C2H6S.2C2H6/c1-9(2)8-6-4-3-5-7-8;1-3-2;2*1-2/h8H,3-7H2,1-2H3;1-2H3;2*1-2H3. The normalized spacial score (nSPS) is 14.8. The summed E-state index contributed by atoms with van der Waals surface area (Å²) in [6.07, 6.45) is 11.3. The summed E-state index contributed by atoms with van der Waals surface area (Å²) >= 11 is 1.75. The van der Waals surface area contributed by atoms with Crippen molar-refractivity contribution in [1.29, 1.82) is 0 Å². The molecule has 0 bridgehead atoms. The Hall–Kier alpha value is 0.310. The van der Waals surface area contributed by atoms with Gasteiger partial charge in [0.05, 0.1) is 0 Å². The van der Waals surface area contributed by atoms with E-state index in [2.05, 4.69) is 19.0 Å². The van der Waals surface area contributed by atoms with Crippen molar-refractivity contribution in [3.63, 3.8) is 0 Å². The van der Waals surface area contributed by atoms with Crippen molar-refractivity contribution < 1.29 is 0 Å². The predicted octanol–water partition coefficient (Wildman–Crippen LogP) is 4.91. The highest BCUT2D eigenvalue weighted by Crippen LogP contribution is 2.20. The predicted molar refractivity (Wildman–Crippen MR) is 82.7 cm³/mol. The molecular weight excluding hydrogens is 214 g/mol. The molecule has 16 heavy (non-hydrogen) atoms. The van der Waals surface area contributed by atoms with E-state index < -0.39 is 0 Å². The van der Waals surface area contributed by atoms with Crippen LogP contribution in [0.1, 0.15) is 59.8 Å². The van der Waals surface area contributed by atoms with Crippen LogP contribution in [-0.4, -0.2) is 37.5 Å². The highest BCUT2D eigenvalue weighted by Gasteiger charge is 2.13. The lowest BCUT2D eigenvalue weighted by Gasteiger charge is -2.27. The molecule has 0 radical (unpaired) electrons. The molecule has 0 aromatic heterocycles. The number of hydrogen-bond donors (Lipinski definition) is 0. The number of hydrogen-bond acceptors (Lipinski definition) is 2. The minimum Gasteiger partial charge on any atom is -0.306 e. The van der Waals surface area contributed by atoms with Gasteiger partial charge in [-0.05, 0) is 39.4 Å². The van der Waals surface area contributed by atoms with Gasteiger partial charge in [-0.15, -0.1) is 0 Å². The molecule has 0 aromatic carbocycles. The van der Waals surface area contributed by atoms with Gasteiger partial charge in [-0.25, -0.2) is 0 Å². The Balaban J connectivity index is -0.000000206. The Morgan fingerprint density at radius 3 is 1.31 bits per heavy atom. The van der Waals surface area contributed by atoms with Crippen LogP contribution in [0.2, 0.25) is 0 Å². The molecule has 1 saturated carbocycles. The van der Waals surface area contributed by atoms with E-state index in [0.717, 1.165) is 6.04 Å². The molecule has 0 unspecified atom stereocenters. The first kappa shape index (κ1) is 21.6. The van der Waals surface area contributed by atoms with Gasteiger partial charge in [-0.1, -0.05) is 47.0 Å². The summed E-state index contributed by atoms with van der Waals surface area (Å²) < 4.78 is 0. The van der Waals surface area contributed by atoms with Crippen molar-refractivity contribution in [1.82, 2.24) is 4.90 Å². The van der Waals surface area contributed by atoms with Gasteiger partial charge >= 0.3 is 0 Å². The van der Waals surface area contributed by atoms with E-state index in [9.17, 15) is 0 Å². The fourth-order valence-electron chi connectivity index (χ4n) is 1.60. The first-order chi connectivity index (χ1) is 7.72. The maximum absolute atomic E-state index is 2.36. The van der Waals surface area contributed by atoms with E-state index in [1.54, 1.807) is 11.8 Å². The summed E-state index contributed by atoms with van der Waals surface area (Å²) in [7, 11) is 4.38. The molecule has 1 nitrogen and oxygen atoms in total. The van der Waals surface area contributed by atoms with E-state index in [4.69, 9.17) is 0 Å². The van der Waals surface area contributed by atoms with Crippen molar-refractivity contribution in [3.05, 3.63) is 0 Å². The smallest absolute Gasteiger partial charge is 0.00891 e. The average Bonchev–Trinajstić information content (AvgIpc) is 2.36. The number of nitrogens with zero attached hydrogens (tertiary/aromatic N) is 1. The summed E-state index contributed by atoms with van der Waals surface area (Å²) in [5, 5.41) is 0. The average molecular weight is 250 g/mol. The van der Waals surface area contributed by atoms with Crippen LogP contribution in [0, 0.1) is 0 Å². The molecule has 1 fully saturated rings. The van der Waals surface area contributed by atoms with Gasteiger partial charge in [0.15, 0.2) is 0 Å². The second-order valence-corrected chi connectivity index (χ2v) is 4.48. The largest absolute Gasteiger partial charge is 0.306 e. The molecule has 0 aromatic rings. The molecule has 1 aliphatic rings. The van der Waals surface area contributed by atoms with Crippen molar-refractivity contribution in [2.24, 2.45) is 0 Å². The first-order valence-electron chi connectivity index (χ1n) is 6.79. The third kappa shape index (κ3) is 16.7. The molecule has 0 amide bonds. The van der Waals surface area contributed by atoms with Crippen molar-refractivity contribution in [2.45, 2.75) is 65.8 Å². The SMILES string of the molecule is CC.CC.CN(C)C1CCCCC1.CSC. The molecule has 0 N–H and O–H groups in total. The lowest BCUT2D eigenvalue weighted by atomic mass is 9.95. The summed E-state index contributed by atoms with van der Waals surface area (Å²) in [6.45, 7) is 8.00. The zero-order valence-corrected chi connectivity index (χ0v) is 13.8. The lowest BCUT2D eigenvalue weighted by molar-refractivity contribution is 0.229. The quantitative estimate of drug-likeness (QED) is 0.649. The molecular formula is C14H35NS. The van der Waals surface area contributed by atoms with E-state index in [1.807, 2.05) is 40.2 Å². The number of rotatable bonds is 1. The van der Waals surface area contributed by atoms with Crippen LogP contribution in [-0.2, 0) is 0 Å². The second-order valence-electron chi connectivity index (χ2n) is 3.66. The molecule has 1 rings (SSSR count). The van der Waals surface area contributed by atoms with Crippen LogP contribution < -0.4 is 0 Å². The van der Waals surface area contributed by atoms with Gasteiger partial charge in [0.25, 0.3) is 0 Å². The van der Waals surface area contributed by atoms with Crippen LogP contribution in [0.15, 0.2) is 0 Å². The lowest BCUT2D eigenvalue weighted by Crippen LogP contribution is -2.29. The molecule has 0 spiro atoms. The van der Waals surface area contributed by atoms with Crippen LogP contribution in [0.25, 0.3) is 0 Å². The monoisotopic (exact) mass is 249 g/mol. The van der Waals surface area contributed by atoms with Crippen molar-refractivity contribution in [3.8, 4) is 0 Å². The third-order valence-corrected chi connectivity index (χ3v) is 2.30. The first-order valence-corrected chi connectivity index (χ1v) is 8.42. The number of thioether (sulfide) groups is 1. The Bertz CT molecular complexity index is 88.7. The topological polar surface area (TPSA) is 3.24 Å². The van der Waals surface area contributed by atoms with Gasteiger partial charge < -0.3 is 4.90 Å². The second kappa shape index (κ2) is 20.7. The van der Waals surface area contributed by atoms with Gasteiger partial charge in [0.2, 0.25) is 0 Å². The molecule has 0 saturated heterocycles. The summed E-state index contributed by atoms with van der Waals surface area (Å²) in [6, 6.07) is 0.888. The fourth-order valence-corrected chi connectivity index (χ4v) is 1.60. The zero-order valence-electron chi connectivity index (χ0n) is 13.0. The van der Waals surface area contributed by atoms with E-state index in [-0.39, 0.29) is 0 Å². The van der Waals surface area contributed by atoms with Crippen LogP contribution in [0.5, 0.6) is 0 Å². The van der Waals surface area contributed by atoms with E-state index in [0.29, 0.717) is 0 Å². The Labute approximate surface area is 109 Å². The van der Waals surface area contributed by atoms with Gasteiger partial charge in [0, 0.05) is 6.04 Å². The zero-order chi connectivity index (χ0) is 13.4. The van der Waals surface area contributed by atoms with Crippen molar-refractivity contribution >= 4 is 11.8 Å². The maximum Gasteiger partial charge on any atom is 0.00891 e. The summed E-state index contributed by atoms with van der Waals surface area (Å²) in [5.74, 6) is 0. The van der Waals surface area contributed by atoms with Gasteiger partial charge in [0.1, 0.15) is 0 Å². The molecule has 2 heteroatoms. The summed E-state index contributed by atoms with van der Waals surface area (Å²) in [5.41, 5.74) is 0. The van der Waals surface area contributed by atoms with Crippen LogP contribution in [0.4, 0.5) is 0 Å². The molecule has 102 valence electrons. The minimum atomic E-state index is 0.888. The van der Waals surface area contributed by atoms with Crippen molar-refractivity contribution in [2.75, 3.05) is 26.6 Å². The Kier molecular flexibility index (Phi) is 27.9. The maximum atomic E-state index is 2.36. The van der Waals surface area contributed by atoms with Crippen LogP contribution in [0.3, 0.4) is 0 Å². The van der Waals surface area contributed by atoms with E-state index in [1.165, 1.54) is 32.1 Å². The molecule has 0 aliphatic heterocycles. The molecule has 0 atom stereocenters. The highest BCUT2D eigenvalue weighted by atomic mass is 32.2. The highest BCUT2D eigenvalue weighted by molar-refractivity contribution is 7.97. The van der Waals surface area contributed by atoms with Gasteiger partial charge in [-0.2, -0.15) is 11.8 Å². The molecule has 0 heterocycles. The van der Waals surface area contributed by atoms with Gasteiger partial charge in [-0.3, -0.25) is 0 Å². The Morgan fingerprint density at radius 1 is 0.812 bits per heavy atom. The Morgan fingerprint density at radius 2 is 1.12 bits per heavy atom. The molecule has 1 aliphatic carbocycles.